The second-order valence-electron chi connectivity index (χ2n) is 11.9. The molecule has 9 heteroatoms. The van der Waals surface area contributed by atoms with E-state index in [0.29, 0.717) is 36.5 Å². The summed E-state index contributed by atoms with van der Waals surface area (Å²) in [5.74, 6) is 0.571. The predicted octanol–water partition coefficient (Wildman–Crippen LogP) is 2.15. The van der Waals surface area contributed by atoms with Crippen molar-refractivity contribution in [3.8, 4) is 0 Å². The number of nitrogens with one attached hydrogen (secondary N) is 1. The van der Waals surface area contributed by atoms with Gasteiger partial charge in [-0.05, 0) is 75.2 Å². The summed E-state index contributed by atoms with van der Waals surface area (Å²) >= 11 is 0. The molecule has 2 saturated heterocycles. The van der Waals surface area contributed by atoms with Crippen molar-refractivity contribution in [2.24, 2.45) is 23.2 Å². The maximum atomic E-state index is 13.8. The summed E-state index contributed by atoms with van der Waals surface area (Å²) in [5.41, 5.74) is 0.215. The monoisotopic (exact) mass is 497 g/mol. The lowest BCUT2D eigenvalue weighted by molar-refractivity contribution is -0.165. The van der Waals surface area contributed by atoms with Crippen LogP contribution in [0.3, 0.4) is 0 Å². The third kappa shape index (κ3) is 4.15. The number of aromatic nitrogens is 1. The van der Waals surface area contributed by atoms with Crippen LogP contribution in [0.15, 0.2) is 12.3 Å². The summed E-state index contributed by atoms with van der Waals surface area (Å²) in [6, 6.07) is 0.630. The van der Waals surface area contributed by atoms with E-state index < -0.39 is 35.9 Å². The van der Waals surface area contributed by atoms with Gasteiger partial charge in [-0.15, -0.1) is 0 Å². The van der Waals surface area contributed by atoms with Gasteiger partial charge in [0.25, 0.3) is 5.91 Å². The summed E-state index contributed by atoms with van der Waals surface area (Å²) in [6.07, 6.45) is 9.07. The van der Waals surface area contributed by atoms with Crippen LogP contribution in [0.5, 0.6) is 0 Å². The van der Waals surface area contributed by atoms with Crippen molar-refractivity contribution in [3.05, 3.63) is 23.5 Å². The number of carbonyl (C=O) groups is 4. The van der Waals surface area contributed by atoms with E-state index in [1.54, 1.807) is 4.90 Å². The van der Waals surface area contributed by atoms with Crippen LogP contribution in [-0.4, -0.2) is 81.8 Å². The fraction of sp³-hybridized carbons (Fsp3) is 0.704. The largest absolute Gasteiger partial charge is 0.456 e. The van der Waals surface area contributed by atoms with E-state index in [2.05, 4.69) is 4.98 Å². The highest BCUT2D eigenvalue weighted by molar-refractivity contribution is 6.01. The quantitative estimate of drug-likeness (QED) is 0.459. The van der Waals surface area contributed by atoms with Crippen LogP contribution in [0.2, 0.25) is 0 Å². The highest BCUT2D eigenvalue weighted by Gasteiger charge is 2.57. The van der Waals surface area contributed by atoms with Crippen LogP contribution in [0.1, 0.15) is 78.6 Å². The molecule has 9 nitrogen and oxygen atoms in total. The first kappa shape index (κ1) is 23.7. The Balaban J connectivity index is 1.09. The van der Waals surface area contributed by atoms with Crippen molar-refractivity contribution >= 4 is 23.6 Å². The number of aliphatic hydroxyl groups is 1. The molecule has 2 N–H and O–H groups in total. The maximum absolute atomic E-state index is 13.8. The van der Waals surface area contributed by atoms with Crippen LogP contribution in [0.4, 0.5) is 0 Å². The molecule has 2 atom stereocenters. The number of hydrogen-bond acceptors (Lipinski definition) is 6. The van der Waals surface area contributed by atoms with Crippen LogP contribution in [0.25, 0.3) is 0 Å². The second kappa shape index (κ2) is 9.01. The standard InChI is InChI=1S/C27H35N3O6/c31-20-9-22(30(14-20)26(35)27-10-16-5-17(11-27)7-18(6-16)12-27)25(34)36-15-23(32)19-8-21(28-13-19)24(33)29-3-1-2-4-29/h8,13,16-18,20,22,28,31H,1-7,9-12,14-15H2/t16?,17?,18?,20?,22-,27?/m0/s1. The number of aromatic amines is 1. The molecule has 0 radical (unpaired) electrons. The molecular weight excluding hydrogens is 462 g/mol. The van der Waals surface area contributed by atoms with Crippen molar-refractivity contribution in [2.75, 3.05) is 26.2 Å². The average Bonchev–Trinajstić information content (AvgIpc) is 3.61. The van der Waals surface area contributed by atoms with Crippen molar-refractivity contribution < 1.29 is 29.0 Å². The van der Waals surface area contributed by atoms with Crippen LogP contribution < -0.4 is 0 Å². The molecular formula is C27H35N3O6. The number of ketones is 1. The van der Waals surface area contributed by atoms with Gasteiger partial charge >= 0.3 is 5.97 Å². The minimum absolute atomic E-state index is 0.0119. The summed E-state index contributed by atoms with van der Waals surface area (Å²) in [6.45, 7) is 1.09. The summed E-state index contributed by atoms with van der Waals surface area (Å²) in [7, 11) is 0. The van der Waals surface area contributed by atoms with Gasteiger partial charge in [0.15, 0.2) is 6.61 Å². The van der Waals surface area contributed by atoms with Crippen LogP contribution in [0, 0.1) is 23.2 Å². The predicted molar refractivity (Wildman–Crippen MR) is 128 cm³/mol. The van der Waals surface area contributed by atoms with Gasteiger partial charge in [0.2, 0.25) is 11.7 Å². The van der Waals surface area contributed by atoms with Crippen molar-refractivity contribution in [1.82, 2.24) is 14.8 Å². The molecule has 4 saturated carbocycles. The minimum Gasteiger partial charge on any atom is -0.456 e. The Morgan fingerprint density at radius 2 is 1.64 bits per heavy atom. The Hall–Kier alpha value is -2.68. The molecule has 7 rings (SSSR count). The number of H-pyrrole nitrogens is 1. The zero-order valence-corrected chi connectivity index (χ0v) is 20.6. The molecule has 1 aromatic heterocycles. The number of amides is 2. The Bertz CT molecular complexity index is 1040. The Morgan fingerprint density at radius 3 is 2.28 bits per heavy atom. The van der Waals surface area contributed by atoms with E-state index in [1.165, 1.54) is 36.4 Å². The molecule has 1 unspecified atom stereocenters. The molecule has 36 heavy (non-hydrogen) atoms. The summed E-state index contributed by atoms with van der Waals surface area (Å²) in [4.78, 5) is 58.1. The van der Waals surface area contributed by atoms with Crippen molar-refractivity contribution in [3.63, 3.8) is 0 Å². The number of carbonyl (C=O) groups excluding carboxylic acids is 4. The summed E-state index contributed by atoms with van der Waals surface area (Å²) in [5, 5.41) is 10.3. The van der Waals surface area contributed by atoms with Gasteiger partial charge in [-0.1, -0.05) is 0 Å². The lowest BCUT2D eigenvalue weighted by Crippen LogP contribution is -2.56. The smallest absolute Gasteiger partial charge is 0.329 e. The van der Waals surface area contributed by atoms with Gasteiger partial charge < -0.3 is 24.6 Å². The van der Waals surface area contributed by atoms with Gasteiger partial charge in [-0.25, -0.2) is 4.79 Å². The molecule has 6 aliphatic rings. The SMILES string of the molecule is O=C(COC(=O)[C@@H]1CC(O)CN1C(=O)C12CC3CC(CC(C3)C1)C2)c1c[nH]c(C(=O)N2CCCC2)c1. The lowest BCUT2D eigenvalue weighted by atomic mass is 9.49. The summed E-state index contributed by atoms with van der Waals surface area (Å²) < 4.78 is 5.36. The Morgan fingerprint density at radius 1 is 1.00 bits per heavy atom. The van der Waals surface area contributed by atoms with Crippen LogP contribution in [-0.2, 0) is 14.3 Å². The van der Waals surface area contributed by atoms with E-state index in [1.807, 2.05) is 0 Å². The van der Waals surface area contributed by atoms with Crippen molar-refractivity contribution in [2.45, 2.75) is 69.9 Å². The highest BCUT2D eigenvalue weighted by atomic mass is 16.5. The second-order valence-corrected chi connectivity index (χ2v) is 11.9. The zero-order chi connectivity index (χ0) is 25.0. The molecule has 2 aliphatic heterocycles. The normalized spacial score (nSPS) is 34.9. The average molecular weight is 498 g/mol. The number of β-amino-alcohol motifs (C(OH)–C–C–N with tert-alkyl or cyclic N) is 1. The Kier molecular flexibility index (Phi) is 5.93. The third-order valence-electron chi connectivity index (χ3n) is 9.28. The van der Waals surface area contributed by atoms with Gasteiger partial charge in [0.05, 0.1) is 11.5 Å². The van der Waals surface area contributed by atoms with Crippen LogP contribution >= 0.6 is 0 Å². The molecule has 6 fully saturated rings. The molecule has 0 aromatic carbocycles. The number of nitrogens with zero attached hydrogens (tertiary/aromatic N) is 2. The fourth-order valence-corrected chi connectivity index (χ4v) is 8.02. The first-order valence-corrected chi connectivity index (χ1v) is 13.5. The van der Waals surface area contributed by atoms with Gasteiger partial charge in [0, 0.05) is 37.8 Å². The fourth-order valence-electron chi connectivity index (χ4n) is 8.02. The number of Topliss-reactive ketones (excluding diaryl/α,β-unsaturated/α-hetero) is 1. The number of aliphatic hydroxyl groups excluding tert-OH is 1. The topological polar surface area (TPSA) is 120 Å². The van der Waals surface area contributed by atoms with Gasteiger partial charge in [-0.2, -0.15) is 0 Å². The molecule has 2 amide bonds. The molecule has 4 aliphatic carbocycles. The lowest BCUT2D eigenvalue weighted by Gasteiger charge is -2.56. The molecule has 194 valence electrons. The first-order chi connectivity index (χ1) is 17.3. The molecule has 1 aromatic rings. The number of likely N-dealkylation sites (tertiary alicyclic amines) is 2. The van der Waals surface area contributed by atoms with E-state index in [-0.39, 0.29) is 30.3 Å². The third-order valence-corrected chi connectivity index (χ3v) is 9.28. The highest BCUT2D eigenvalue weighted by Crippen LogP contribution is 2.60. The number of esters is 1. The molecule has 4 bridgehead atoms. The number of hydrogen-bond donors (Lipinski definition) is 2. The molecule has 3 heterocycles. The number of rotatable bonds is 6. The van der Waals surface area contributed by atoms with E-state index in [9.17, 15) is 24.3 Å². The van der Waals surface area contributed by atoms with Crippen molar-refractivity contribution in [1.29, 1.82) is 0 Å². The zero-order valence-electron chi connectivity index (χ0n) is 20.6. The van der Waals surface area contributed by atoms with Gasteiger partial charge in [0.1, 0.15) is 11.7 Å². The van der Waals surface area contributed by atoms with E-state index in [4.69, 9.17) is 4.74 Å². The first-order valence-electron chi connectivity index (χ1n) is 13.5. The minimum atomic E-state index is -0.869. The molecule has 0 spiro atoms. The Labute approximate surface area is 210 Å². The van der Waals surface area contributed by atoms with E-state index in [0.717, 1.165) is 32.1 Å². The van der Waals surface area contributed by atoms with E-state index >= 15 is 0 Å². The maximum Gasteiger partial charge on any atom is 0.329 e. The number of ether oxygens (including phenoxy) is 1. The van der Waals surface area contributed by atoms with Gasteiger partial charge in [-0.3, -0.25) is 14.4 Å².